The van der Waals surface area contributed by atoms with Crippen LogP contribution < -0.4 is 10.2 Å². The molecular weight excluding hydrogens is 312 g/mol. The van der Waals surface area contributed by atoms with Gasteiger partial charge in [-0.25, -0.2) is 0 Å². The Balaban J connectivity index is 2.24. The van der Waals surface area contributed by atoms with E-state index in [0.717, 1.165) is 18.4 Å². The topological polar surface area (TPSA) is 15.3 Å². The fourth-order valence-electron chi connectivity index (χ4n) is 2.96. The first-order valence-corrected chi connectivity index (χ1v) is 8.60. The fraction of sp³-hybridized carbons (Fsp3) is 0.647. The summed E-state index contributed by atoms with van der Waals surface area (Å²) in [6.07, 6.45) is 1.17. The zero-order chi connectivity index (χ0) is 14.7. The van der Waals surface area contributed by atoms with Crippen LogP contribution in [0.2, 0.25) is 0 Å². The average molecular weight is 339 g/mol. The van der Waals surface area contributed by atoms with Crippen molar-refractivity contribution in [2.24, 2.45) is 11.8 Å². The minimum Gasteiger partial charge on any atom is -0.371 e. The summed E-state index contributed by atoms with van der Waals surface area (Å²) in [5, 5.41) is 3.61. The molecule has 3 atom stereocenters. The molecule has 0 aliphatic carbocycles. The summed E-state index contributed by atoms with van der Waals surface area (Å²) >= 11 is 3.62. The predicted molar refractivity (Wildman–Crippen MR) is 91.4 cm³/mol. The van der Waals surface area contributed by atoms with Gasteiger partial charge in [0.25, 0.3) is 0 Å². The Labute approximate surface area is 132 Å². The van der Waals surface area contributed by atoms with Gasteiger partial charge in [-0.1, -0.05) is 36.7 Å². The standard InChI is InChI=1S/C17H27BrN2/c1-5-8-19-14(4)16-9-15(18)6-7-17(16)20-10-12(2)13(3)11-20/h6-7,9,12-14,19H,5,8,10-11H2,1-4H3. The summed E-state index contributed by atoms with van der Waals surface area (Å²) in [4.78, 5) is 2.56. The van der Waals surface area contributed by atoms with Crippen molar-refractivity contribution < 1.29 is 0 Å². The van der Waals surface area contributed by atoms with Crippen LogP contribution >= 0.6 is 15.9 Å². The molecule has 0 spiro atoms. The summed E-state index contributed by atoms with van der Waals surface area (Å²) in [7, 11) is 0. The van der Waals surface area contributed by atoms with Gasteiger partial charge in [0.15, 0.2) is 0 Å². The van der Waals surface area contributed by atoms with Crippen molar-refractivity contribution in [3.63, 3.8) is 0 Å². The predicted octanol–water partition coefficient (Wildman–Crippen LogP) is 4.60. The second-order valence-corrected chi connectivity index (χ2v) is 7.15. The Bertz CT molecular complexity index is 437. The van der Waals surface area contributed by atoms with Gasteiger partial charge in [-0.3, -0.25) is 0 Å². The first-order chi connectivity index (χ1) is 9.52. The molecular formula is C17H27BrN2. The highest BCUT2D eigenvalue weighted by Gasteiger charge is 2.28. The van der Waals surface area contributed by atoms with Crippen LogP contribution in [0.4, 0.5) is 5.69 Å². The highest BCUT2D eigenvalue weighted by atomic mass is 79.9. The Hall–Kier alpha value is -0.540. The summed E-state index contributed by atoms with van der Waals surface area (Å²) in [6, 6.07) is 7.11. The molecule has 1 aliphatic heterocycles. The third kappa shape index (κ3) is 3.56. The molecule has 1 aliphatic rings. The van der Waals surface area contributed by atoms with E-state index in [9.17, 15) is 0 Å². The zero-order valence-electron chi connectivity index (χ0n) is 13.1. The number of rotatable bonds is 5. The third-order valence-electron chi connectivity index (χ3n) is 4.49. The lowest BCUT2D eigenvalue weighted by atomic mass is 10.0. The van der Waals surface area contributed by atoms with E-state index in [0.29, 0.717) is 6.04 Å². The maximum Gasteiger partial charge on any atom is 0.0415 e. The number of anilines is 1. The van der Waals surface area contributed by atoms with Crippen LogP contribution in [0, 0.1) is 11.8 Å². The second-order valence-electron chi connectivity index (χ2n) is 6.24. The lowest BCUT2D eigenvalue weighted by molar-refractivity contribution is 0.494. The first-order valence-electron chi connectivity index (χ1n) is 7.80. The SMILES string of the molecule is CCCNC(C)c1cc(Br)ccc1N1CC(C)C(C)C1. The maximum absolute atomic E-state index is 3.62. The van der Waals surface area contributed by atoms with Crippen molar-refractivity contribution in [3.05, 3.63) is 28.2 Å². The van der Waals surface area contributed by atoms with Crippen LogP contribution in [0.25, 0.3) is 0 Å². The molecule has 0 bridgehead atoms. The molecule has 0 saturated carbocycles. The van der Waals surface area contributed by atoms with E-state index < -0.39 is 0 Å². The smallest absolute Gasteiger partial charge is 0.0415 e. The van der Waals surface area contributed by atoms with Crippen LogP contribution in [0.1, 0.15) is 45.7 Å². The van der Waals surface area contributed by atoms with Gasteiger partial charge in [-0.2, -0.15) is 0 Å². The number of hydrogen-bond acceptors (Lipinski definition) is 2. The highest BCUT2D eigenvalue weighted by Crippen LogP contribution is 2.34. The second kappa shape index (κ2) is 6.95. The van der Waals surface area contributed by atoms with Crippen LogP contribution in [0.5, 0.6) is 0 Å². The van der Waals surface area contributed by atoms with Gasteiger partial charge < -0.3 is 10.2 Å². The van der Waals surface area contributed by atoms with E-state index in [-0.39, 0.29) is 0 Å². The lowest BCUT2D eigenvalue weighted by Gasteiger charge is -2.26. The fourth-order valence-corrected chi connectivity index (χ4v) is 3.34. The summed E-state index contributed by atoms with van der Waals surface area (Å²) in [5.41, 5.74) is 2.81. The minimum absolute atomic E-state index is 0.397. The van der Waals surface area contributed by atoms with E-state index in [2.05, 4.69) is 72.0 Å². The van der Waals surface area contributed by atoms with Gasteiger partial charge in [-0.15, -0.1) is 0 Å². The summed E-state index contributed by atoms with van der Waals surface area (Å²) in [5.74, 6) is 1.57. The van der Waals surface area contributed by atoms with Gasteiger partial charge >= 0.3 is 0 Å². The molecule has 1 aromatic carbocycles. The van der Waals surface area contributed by atoms with Crippen LogP contribution in [-0.4, -0.2) is 19.6 Å². The maximum atomic E-state index is 3.62. The minimum atomic E-state index is 0.397. The van der Waals surface area contributed by atoms with Crippen LogP contribution in [-0.2, 0) is 0 Å². The van der Waals surface area contributed by atoms with Gasteiger partial charge in [0.2, 0.25) is 0 Å². The molecule has 1 aromatic rings. The van der Waals surface area contributed by atoms with E-state index >= 15 is 0 Å². The van der Waals surface area contributed by atoms with Crippen LogP contribution in [0.15, 0.2) is 22.7 Å². The Morgan fingerprint density at radius 2 is 1.95 bits per heavy atom. The molecule has 0 amide bonds. The molecule has 112 valence electrons. The number of hydrogen-bond donors (Lipinski definition) is 1. The zero-order valence-corrected chi connectivity index (χ0v) is 14.7. The van der Waals surface area contributed by atoms with Crippen molar-refractivity contribution in [3.8, 4) is 0 Å². The van der Waals surface area contributed by atoms with E-state index in [1.165, 1.54) is 35.2 Å². The van der Waals surface area contributed by atoms with Crippen molar-refractivity contribution >= 4 is 21.6 Å². The van der Waals surface area contributed by atoms with E-state index in [1.54, 1.807) is 0 Å². The quantitative estimate of drug-likeness (QED) is 0.843. The molecule has 2 rings (SSSR count). The molecule has 0 radical (unpaired) electrons. The summed E-state index contributed by atoms with van der Waals surface area (Å²) in [6.45, 7) is 12.6. The van der Waals surface area contributed by atoms with Gasteiger partial charge in [0.1, 0.15) is 0 Å². The summed E-state index contributed by atoms with van der Waals surface area (Å²) < 4.78 is 1.17. The highest BCUT2D eigenvalue weighted by molar-refractivity contribution is 9.10. The molecule has 2 nitrogen and oxygen atoms in total. The number of nitrogens with one attached hydrogen (secondary N) is 1. The molecule has 1 saturated heterocycles. The monoisotopic (exact) mass is 338 g/mol. The molecule has 1 fully saturated rings. The van der Waals surface area contributed by atoms with Crippen molar-refractivity contribution in [1.82, 2.24) is 5.32 Å². The molecule has 3 heteroatoms. The van der Waals surface area contributed by atoms with Gasteiger partial charge in [0, 0.05) is 29.3 Å². The van der Waals surface area contributed by atoms with E-state index in [4.69, 9.17) is 0 Å². The number of halogens is 1. The van der Waals surface area contributed by atoms with E-state index in [1.807, 2.05) is 0 Å². The molecule has 3 unspecified atom stereocenters. The lowest BCUT2D eigenvalue weighted by Crippen LogP contribution is -2.25. The van der Waals surface area contributed by atoms with Crippen molar-refractivity contribution in [2.75, 3.05) is 24.5 Å². The van der Waals surface area contributed by atoms with Crippen molar-refractivity contribution in [2.45, 2.75) is 40.2 Å². The molecule has 1 heterocycles. The number of benzene rings is 1. The van der Waals surface area contributed by atoms with Gasteiger partial charge in [-0.05, 0) is 55.5 Å². The number of nitrogens with zero attached hydrogens (tertiary/aromatic N) is 1. The molecule has 0 aromatic heterocycles. The Morgan fingerprint density at radius 3 is 2.55 bits per heavy atom. The van der Waals surface area contributed by atoms with Gasteiger partial charge in [0.05, 0.1) is 0 Å². The normalized spacial score (nSPS) is 24.1. The third-order valence-corrected chi connectivity index (χ3v) is 4.98. The Kier molecular flexibility index (Phi) is 5.50. The van der Waals surface area contributed by atoms with Crippen LogP contribution in [0.3, 0.4) is 0 Å². The first kappa shape index (κ1) is 15.8. The largest absolute Gasteiger partial charge is 0.371 e. The molecule has 1 N–H and O–H groups in total. The Morgan fingerprint density at radius 1 is 1.30 bits per heavy atom. The van der Waals surface area contributed by atoms with Crippen molar-refractivity contribution in [1.29, 1.82) is 0 Å². The average Bonchev–Trinajstić information content (AvgIpc) is 2.75. The molecule has 20 heavy (non-hydrogen) atoms.